The van der Waals surface area contributed by atoms with Crippen molar-refractivity contribution in [3.05, 3.63) is 120 Å². The molecule has 0 unspecified atom stereocenters. The number of benzene rings is 3. The lowest BCUT2D eigenvalue weighted by Gasteiger charge is -1.94. The summed E-state index contributed by atoms with van der Waals surface area (Å²) in [5, 5.41) is 0. The Balaban J connectivity index is 0.000000203. The molecule has 0 aliphatic heterocycles. The molecule has 0 radical (unpaired) electrons. The molecule has 0 amide bonds. The summed E-state index contributed by atoms with van der Waals surface area (Å²) in [4.78, 5) is 0. The Labute approximate surface area is 139 Å². The molecule has 23 heavy (non-hydrogen) atoms. The minimum absolute atomic E-state index is 0.996. The maximum atomic E-state index is 3.63. The molecule has 114 valence electrons. The minimum atomic E-state index is 0.996. The maximum absolute atomic E-state index is 3.63. The monoisotopic (exact) mass is 298 g/mol. The van der Waals surface area contributed by atoms with Gasteiger partial charge in [0, 0.05) is 0 Å². The van der Waals surface area contributed by atoms with Gasteiger partial charge in [-0.05, 0) is 23.1 Å². The predicted molar refractivity (Wildman–Crippen MR) is 102 cm³/mol. The van der Waals surface area contributed by atoms with Crippen molar-refractivity contribution >= 4 is 12.2 Å². The molecule has 0 aliphatic carbocycles. The third-order valence-electron chi connectivity index (χ3n) is 3.34. The molecule has 0 N–H and O–H groups in total. The highest BCUT2D eigenvalue weighted by atomic mass is 13.9. The molecule has 0 spiro atoms. The zero-order valence-corrected chi connectivity index (χ0v) is 13.3. The smallest absolute Gasteiger partial charge is 0.00941 e. The Morgan fingerprint density at radius 2 is 1.09 bits per heavy atom. The molecule has 0 saturated heterocycles. The highest BCUT2D eigenvalue weighted by Crippen LogP contribution is 2.04. The molecule has 0 aliphatic rings. The molecule has 0 heteroatoms. The predicted octanol–water partition coefficient (Wildman–Crippen LogP) is 6.27. The van der Waals surface area contributed by atoms with E-state index in [1.165, 1.54) is 16.7 Å². The van der Waals surface area contributed by atoms with Crippen LogP contribution in [0.3, 0.4) is 0 Å². The van der Waals surface area contributed by atoms with Crippen molar-refractivity contribution in [2.75, 3.05) is 0 Å². The van der Waals surface area contributed by atoms with Gasteiger partial charge in [-0.15, -0.1) is 0 Å². The molecule has 0 aromatic heterocycles. The SMILES string of the molecule is C(=Cc1ccccc1)Cc1ccccc1.C=Cc1ccccc1. The topological polar surface area (TPSA) is 0 Å². The third-order valence-corrected chi connectivity index (χ3v) is 3.34. The van der Waals surface area contributed by atoms with E-state index in [0.717, 1.165) is 6.42 Å². The Kier molecular flexibility index (Phi) is 7.15. The second-order valence-electron chi connectivity index (χ2n) is 5.12. The highest BCUT2D eigenvalue weighted by molar-refractivity contribution is 5.49. The summed E-state index contributed by atoms with van der Waals surface area (Å²) in [6, 6.07) is 30.9. The van der Waals surface area contributed by atoms with Crippen molar-refractivity contribution < 1.29 is 0 Å². The fourth-order valence-corrected chi connectivity index (χ4v) is 2.10. The molecule has 3 rings (SSSR count). The molecule has 3 aromatic carbocycles. The van der Waals surface area contributed by atoms with Gasteiger partial charge in [-0.3, -0.25) is 0 Å². The van der Waals surface area contributed by atoms with Crippen LogP contribution in [0.25, 0.3) is 12.2 Å². The Morgan fingerprint density at radius 3 is 1.57 bits per heavy atom. The first-order chi connectivity index (χ1) is 11.4. The van der Waals surface area contributed by atoms with Crippen LogP contribution in [0.15, 0.2) is 104 Å². The van der Waals surface area contributed by atoms with Crippen molar-refractivity contribution in [1.82, 2.24) is 0 Å². The van der Waals surface area contributed by atoms with Crippen LogP contribution in [-0.2, 0) is 6.42 Å². The van der Waals surface area contributed by atoms with Gasteiger partial charge >= 0.3 is 0 Å². The van der Waals surface area contributed by atoms with Gasteiger partial charge in [0.15, 0.2) is 0 Å². The van der Waals surface area contributed by atoms with Crippen LogP contribution in [0.1, 0.15) is 16.7 Å². The number of allylic oxidation sites excluding steroid dienone is 1. The zero-order valence-electron chi connectivity index (χ0n) is 13.3. The quantitative estimate of drug-likeness (QED) is 0.532. The van der Waals surface area contributed by atoms with Crippen LogP contribution in [0.4, 0.5) is 0 Å². The van der Waals surface area contributed by atoms with E-state index in [2.05, 4.69) is 67.3 Å². The normalized spacial score (nSPS) is 9.91. The molecule has 3 aromatic rings. The number of hydrogen-bond donors (Lipinski definition) is 0. The van der Waals surface area contributed by atoms with Gasteiger partial charge in [-0.2, -0.15) is 0 Å². The summed E-state index contributed by atoms with van der Waals surface area (Å²) < 4.78 is 0. The first kappa shape index (κ1) is 16.5. The first-order valence-electron chi connectivity index (χ1n) is 7.81. The van der Waals surface area contributed by atoms with Gasteiger partial charge in [0.05, 0.1) is 0 Å². The summed E-state index contributed by atoms with van der Waals surface area (Å²) in [7, 11) is 0. The first-order valence-corrected chi connectivity index (χ1v) is 7.81. The molecule has 0 nitrogen and oxygen atoms in total. The van der Waals surface area contributed by atoms with E-state index in [1.807, 2.05) is 48.5 Å². The van der Waals surface area contributed by atoms with Crippen LogP contribution >= 0.6 is 0 Å². The standard InChI is InChI=1S/C15H14.C8H8/c1-3-8-14(9-4-1)12-7-13-15-10-5-2-6-11-15;1-2-8-6-4-3-5-7-8/h1-12H,13H2;2-7H,1H2. The van der Waals surface area contributed by atoms with Gasteiger partial charge in [0.25, 0.3) is 0 Å². The summed E-state index contributed by atoms with van der Waals surface area (Å²) in [6.45, 7) is 3.63. The average molecular weight is 298 g/mol. The van der Waals surface area contributed by atoms with E-state index in [1.54, 1.807) is 0 Å². The van der Waals surface area contributed by atoms with E-state index in [-0.39, 0.29) is 0 Å². The lowest BCUT2D eigenvalue weighted by atomic mass is 10.1. The summed E-state index contributed by atoms with van der Waals surface area (Å²) in [5.41, 5.74) is 3.78. The largest absolute Gasteiger partial charge is 0.0985 e. The van der Waals surface area contributed by atoms with E-state index in [0.29, 0.717) is 0 Å². The fourth-order valence-electron chi connectivity index (χ4n) is 2.10. The van der Waals surface area contributed by atoms with Crippen molar-refractivity contribution in [2.24, 2.45) is 0 Å². The van der Waals surface area contributed by atoms with Crippen molar-refractivity contribution in [3.63, 3.8) is 0 Å². The molecular weight excluding hydrogens is 276 g/mol. The Morgan fingerprint density at radius 1 is 0.609 bits per heavy atom. The lowest BCUT2D eigenvalue weighted by Crippen LogP contribution is -1.78. The van der Waals surface area contributed by atoms with Gasteiger partial charge in [0.1, 0.15) is 0 Å². The molecule has 0 atom stereocenters. The van der Waals surface area contributed by atoms with Crippen molar-refractivity contribution in [3.8, 4) is 0 Å². The highest BCUT2D eigenvalue weighted by Gasteiger charge is 1.86. The van der Waals surface area contributed by atoms with Gasteiger partial charge in [0.2, 0.25) is 0 Å². The van der Waals surface area contributed by atoms with Crippen molar-refractivity contribution in [2.45, 2.75) is 6.42 Å². The maximum Gasteiger partial charge on any atom is -0.00941 e. The van der Waals surface area contributed by atoms with Crippen LogP contribution in [0.5, 0.6) is 0 Å². The fraction of sp³-hybridized carbons (Fsp3) is 0.0435. The van der Waals surface area contributed by atoms with E-state index >= 15 is 0 Å². The molecule has 0 saturated carbocycles. The molecular formula is C23H22. The van der Waals surface area contributed by atoms with E-state index < -0.39 is 0 Å². The van der Waals surface area contributed by atoms with Gasteiger partial charge in [-0.25, -0.2) is 0 Å². The second kappa shape index (κ2) is 9.97. The third kappa shape index (κ3) is 6.62. The summed E-state index contributed by atoms with van der Waals surface area (Å²) in [5.74, 6) is 0. The lowest BCUT2D eigenvalue weighted by molar-refractivity contribution is 1.28. The van der Waals surface area contributed by atoms with Gasteiger partial charge in [-0.1, -0.05) is 116 Å². The molecule has 0 fully saturated rings. The summed E-state index contributed by atoms with van der Waals surface area (Å²) in [6.07, 6.45) is 7.19. The van der Waals surface area contributed by atoms with E-state index in [4.69, 9.17) is 0 Å². The number of hydrogen-bond acceptors (Lipinski definition) is 0. The average Bonchev–Trinajstić information content (AvgIpc) is 2.65. The Bertz CT molecular complexity index is 695. The molecule has 0 heterocycles. The van der Waals surface area contributed by atoms with Gasteiger partial charge < -0.3 is 0 Å². The van der Waals surface area contributed by atoms with Crippen molar-refractivity contribution in [1.29, 1.82) is 0 Å². The summed E-state index contributed by atoms with van der Waals surface area (Å²) >= 11 is 0. The second-order valence-corrected chi connectivity index (χ2v) is 5.12. The minimum Gasteiger partial charge on any atom is -0.0985 e. The van der Waals surface area contributed by atoms with Crippen LogP contribution < -0.4 is 0 Å². The van der Waals surface area contributed by atoms with Crippen LogP contribution in [0.2, 0.25) is 0 Å². The van der Waals surface area contributed by atoms with Crippen LogP contribution in [0, 0.1) is 0 Å². The van der Waals surface area contributed by atoms with E-state index in [9.17, 15) is 0 Å². The zero-order chi connectivity index (χ0) is 16.2. The molecule has 0 bridgehead atoms. The van der Waals surface area contributed by atoms with Crippen LogP contribution in [-0.4, -0.2) is 0 Å². The Hall–Kier alpha value is -2.86. The number of rotatable bonds is 4.